The van der Waals surface area contributed by atoms with Gasteiger partial charge >= 0.3 is 0 Å². The third kappa shape index (κ3) is 4.75. The highest BCUT2D eigenvalue weighted by Crippen LogP contribution is 2.34. The van der Waals surface area contributed by atoms with Gasteiger partial charge in [-0.15, -0.1) is 0 Å². The maximum Gasteiger partial charge on any atom is 0.247 e. The Kier molecular flexibility index (Phi) is 7.09. The van der Waals surface area contributed by atoms with E-state index in [9.17, 15) is 13.2 Å². The van der Waals surface area contributed by atoms with Crippen LogP contribution in [0.15, 0.2) is 41.3 Å². The first kappa shape index (κ1) is 24.8. The number of benzene rings is 2. The summed E-state index contributed by atoms with van der Waals surface area (Å²) in [7, 11) is 0.138. The van der Waals surface area contributed by atoms with Crippen LogP contribution in [0.4, 0.5) is 5.13 Å². The number of amides is 1. The van der Waals surface area contributed by atoms with Gasteiger partial charge in [0, 0.05) is 19.6 Å². The molecule has 1 atom stereocenters. The molecule has 2 aromatic carbocycles. The third-order valence-electron chi connectivity index (χ3n) is 6.46. The lowest BCUT2D eigenvalue weighted by Gasteiger charge is -2.29. The van der Waals surface area contributed by atoms with Crippen molar-refractivity contribution in [2.24, 2.45) is 0 Å². The Morgan fingerprint density at radius 1 is 1.09 bits per heavy atom. The standard InChI is InChI=1S/C25H32N4O3S2/c1-17-8-11-20(12-9-17)34(31,32)29-14-6-7-21(29)24(30)28(16-15-27(4)5)25-26-23-19(3)18(2)10-13-22(23)33-25/h8-13,21H,6-7,14-16H2,1-5H3. The van der Waals surface area contributed by atoms with Crippen molar-refractivity contribution in [1.29, 1.82) is 0 Å². The molecule has 7 nitrogen and oxygen atoms in total. The lowest BCUT2D eigenvalue weighted by Crippen LogP contribution is -2.49. The molecule has 0 spiro atoms. The van der Waals surface area contributed by atoms with E-state index in [1.165, 1.54) is 15.6 Å². The number of hydrogen-bond acceptors (Lipinski definition) is 6. The van der Waals surface area contributed by atoms with E-state index in [1.807, 2.05) is 38.9 Å². The third-order valence-corrected chi connectivity index (χ3v) is 9.42. The zero-order valence-corrected chi connectivity index (χ0v) is 22.0. The second kappa shape index (κ2) is 9.73. The average Bonchev–Trinajstić information content (AvgIpc) is 3.45. The quantitative estimate of drug-likeness (QED) is 0.491. The molecule has 182 valence electrons. The highest BCUT2D eigenvalue weighted by atomic mass is 32.2. The van der Waals surface area contributed by atoms with Crippen LogP contribution in [0.1, 0.15) is 29.5 Å². The second-order valence-electron chi connectivity index (χ2n) is 9.23. The van der Waals surface area contributed by atoms with E-state index >= 15 is 0 Å². The molecule has 1 unspecified atom stereocenters. The Hall–Kier alpha value is -2.33. The lowest BCUT2D eigenvalue weighted by atomic mass is 10.1. The zero-order valence-electron chi connectivity index (χ0n) is 20.4. The van der Waals surface area contributed by atoms with E-state index in [-0.39, 0.29) is 10.8 Å². The Labute approximate surface area is 206 Å². The lowest BCUT2D eigenvalue weighted by molar-refractivity contribution is -0.121. The number of anilines is 1. The van der Waals surface area contributed by atoms with Crippen LogP contribution >= 0.6 is 11.3 Å². The molecule has 0 aliphatic carbocycles. The van der Waals surface area contributed by atoms with Crippen LogP contribution < -0.4 is 4.90 Å². The number of fused-ring (bicyclic) bond motifs is 1. The topological polar surface area (TPSA) is 73.8 Å². The SMILES string of the molecule is Cc1ccc(S(=O)(=O)N2CCCC2C(=O)N(CCN(C)C)c2nc3c(C)c(C)ccc3s2)cc1. The van der Waals surface area contributed by atoms with Gasteiger partial charge in [0.2, 0.25) is 15.9 Å². The van der Waals surface area contributed by atoms with E-state index < -0.39 is 16.1 Å². The van der Waals surface area contributed by atoms with Crippen molar-refractivity contribution in [3.63, 3.8) is 0 Å². The van der Waals surface area contributed by atoms with Crippen molar-refractivity contribution < 1.29 is 13.2 Å². The van der Waals surface area contributed by atoms with Gasteiger partial charge in [0.05, 0.1) is 15.1 Å². The summed E-state index contributed by atoms with van der Waals surface area (Å²) in [5.74, 6) is -0.205. The molecule has 1 aromatic heterocycles. The van der Waals surface area contributed by atoms with Crippen LogP contribution in [0.25, 0.3) is 10.2 Å². The minimum absolute atomic E-state index is 0.205. The first-order valence-corrected chi connectivity index (χ1v) is 13.8. The highest BCUT2D eigenvalue weighted by molar-refractivity contribution is 7.89. The Morgan fingerprint density at radius 2 is 1.79 bits per heavy atom. The summed E-state index contributed by atoms with van der Waals surface area (Å²) in [6.45, 7) is 7.44. The number of sulfonamides is 1. The number of nitrogens with zero attached hydrogens (tertiary/aromatic N) is 4. The minimum Gasteiger partial charge on any atom is -0.308 e. The summed E-state index contributed by atoms with van der Waals surface area (Å²) in [4.78, 5) is 22.7. The molecular weight excluding hydrogens is 468 g/mol. The maximum atomic E-state index is 13.9. The van der Waals surface area contributed by atoms with Gasteiger partial charge in [0.1, 0.15) is 6.04 Å². The van der Waals surface area contributed by atoms with Crippen molar-refractivity contribution in [3.8, 4) is 0 Å². The number of thiazole rings is 1. The zero-order chi connectivity index (χ0) is 24.6. The summed E-state index contributed by atoms with van der Waals surface area (Å²) in [5.41, 5.74) is 4.15. The van der Waals surface area contributed by atoms with Gasteiger partial charge in [-0.2, -0.15) is 4.31 Å². The van der Waals surface area contributed by atoms with Gasteiger partial charge in [-0.25, -0.2) is 13.4 Å². The Bertz CT molecular complexity index is 1300. The summed E-state index contributed by atoms with van der Waals surface area (Å²) >= 11 is 1.48. The van der Waals surface area contributed by atoms with Crippen molar-refractivity contribution >= 4 is 42.6 Å². The summed E-state index contributed by atoms with van der Waals surface area (Å²) in [6, 6.07) is 10.2. The van der Waals surface area contributed by atoms with Gasteiger partial charge in [-0.1, -0.05) is 35.1 Å². The Balaban J connectivity index is 1.70. The molecular formula is C25H32N4O3S2. The predicted molar refractivity (Wildman–Crippen MR) is 138 cm³/mol. The highest BCUT2D eigenvalue weighted by Gasteiger charge is 2.42. The fraction of sp³-hybridized carbons (Fsp3) is 0.440. The molecule has 0 bridgehead atoms. The number of aryl methyl sites for hydroxylation is 3. The maximum absolute atomic E-state index is 13.9. The molecule has 1 aliphatic rings. The normalized spacial score (nSPS) is 17.1. The van der Waals surface area contributed by atoms with Crippen LogP contribution in [0, 0.1) is 20.8 Å². The molecule has 1 saturated heterocycles. The molecule has 4 rings (SSSR count). The van der Waals surface area contributed by atoms with Crippen LogP contribution in [-0.2, 0) is 14.8 Å². The van der Waals surface area contributed by atoms with Crippen molar-refractivity contribution in [2.45, 2.75) is 44.6 Å². The van der Waals surface area contributed by atoms with E-state index in [2.05, 4.69) is 13.0 Å². The van der Waals surface area contributed by atoms with E-state index in [0.29, 0.717) is 37.6 Å². The fourth-order valence-electron chi connectivity index (χ4n) is 4.23. The monoisotopic (exact) mass is 500 g/mol. The summed E-state index contributed by atoms with van der Waals surface area (Å²) in [6.07, 6.45) is 1.16. The van der Waals surface area contributed by atoms with Gasteiger partial charge in [-0.3, -0.25) is 9.69 Å². The second-order valence-corrected chi connectivity index (χ2v) is 12.1. The first-order chi connectivity index (χ1) is 16.1. The van der Waals surface area contributed by atoms with Gasteiger partial charge in [-0.05, 0) is 77.0 Å². The van der Waals surface area contributed by atoms with Crippen LogP contribution in [0.3, 0.4) is 0 Å². The molecule has 3 aromatic rings. The van der Waals surface area contributed by atoms with E-state index in [4.69, 9.17) is 4.98 Å². The number of carbonyl (C=O) groups excluding carboxylic acids is 1. The molecule has 0 saturated carbocycles. The van der Waals surface area contributed by atoms with Crippen molar-refractivity contribution in [3.05, 3.63) is 53.1 Å². The van der Waals surface area contributed by atoms with Gasteiger partial charge < -0.3 is 4.90 Å². The van der Waals surface area contributed by atoms with Crippen LogP contribution in [-0.4, -0.2) is 68.3 Å². The number of rotatable bonds is 7. The van der Waals surface area contributed by atoms with E-state index in [1.54, 1.807) is 29.2 Å². The number of carbonyl (C=O) groups is 1. The van der Waals surface area contributed by atoms with Crippen molar-refractivity contribution in [2.75, 3.05) is 38.6 Å². The number of likely N-dealkylation sites (N-methyl/N-ethyl adjacent to an activating group) is 1. The molecule has 9 heteroatoms. The number of aromatic nitrogens is 1. The van der Waals surface area contributed by atoms with Gasteiger partial charge in [0.25, 0.3) is 0 Å². The average molecular weight is 501 g/mol. The molecule has 2 heterocycles. The van der Waals surface area contributed by atoms with Crippen LogP contribution in [0.2, 0.25) is 0 Å². The molecule has 1 amide bonds. The smallest absolute Gasteiger partial charge is 0.247 e. The molecule has 1 fully saturated rings. The van der Waals surface area contributed by atoms with Crippen molar-refractivity contribution in [1.82, 2.24) is 14.2 Å². The van der Waals surface area contributed by atoms with Gasteiger partial charge in [0.15, 0.2) is 5.13 Å². The van der Waals surface area contributed by atoms with Crippen LogP contribution in [0.5, 0.6) is 0 Å². The largest absolute Gasteiger partial charge is 0.308 e. The first-order valence-electron chi connectivity index (χ1n) is 11.5. The number of hydrogen-bond donors (Lipinski definition) is 0. The summed E-state index contributed by atoms with van der Waals surface area (Å²) < 4.78 is 29.3. The predicted octanol–water partition coefficient (Wildman–Crippen LogP) is 3.97. The fourth-order valence-corrected chi connectivity index (χ4v) is 6.94. The minimum atomic E-state index is -3.78. The molecule has 34 heavy (non-hydrogen) atoms. The molecule has 0 radical (unpaired) electrons. The molecule has 0 N–H and O–H groups in total. The summed E-state index contributed by atoms with van der Waals surface area (Å²) in [5, 5.41) is 0.620. The Morgan fingerprint density at radius 3 is 2.47 bits per heavy atom. The van der Waals surface area contributed by atoms with E-state index in [0.717, 1.165) is 26.9 Å². The molecule has 1 aliphatic heterocycles.